The van der Waals surface area contributed by atoms with Crippen LogP contribution in [0.1, 0.15) is 137 Å². The van der Waals surface area contributed by atoms with Crippen LogP contribution in [-0.2, 0) is 17.3 Å². The van der Waals surface area contributed by atoms with Gasteiger partial charge in [-0.1, -0.05) is 229 Å². The Hall–Kier alpha value is -13.5. The van der Waals surface area contributed by atoms with E-state index in [1.165, 1.54) is 76.7 Å². The first-order chi connectivity index (χ1) is 61.7. The zero-order chi connectivity index (χ0) is 88.8. The third kappa shape index (κ3) is 14.1. The number of aromatic nitrogens is 15. The van der Waals surface area contributed by atoms with Gasteiger partial charge in [-0.25, -0.2) is 59.8 Å². The van der Waals surface area contributed by atoms with Crippen LogP contribution in [-0.4, -0.2) is 73.9 Å². The molecule has 0 radical (unpaired) electrons. The Labute approximate surface area is 773 Å². The number of nitrogens with zero attached hydrogens (tertiary/aromatic N) is 15. The van der Waals surface area contributed by atoms with Gasteiger partial charge < -0.3 is 19.0 Å². The Kier molecular flexibility index (Phi) is 21.7. The Morgan fingerprint density at radius 3 is 0.752 bits per heavy atom. The van der Waals surface area contributed by atoms with Crippen molar-refractivity contribution < 1.29 is 0 Å². The zero-order valence-electron chi connectivity index (χ0n) is 74.1. The van der Waals surface area contributed by atoms with E-state index in [4.69, 9.17) is 39.9 Å². The molecule has 24 rings (SSSR count). The average molecular weight is 1880 g/mol. The molecule has 22 aromatic rings. The van der Waals surface area contributed by atoms with Crippen LogP contribution in [0.5, 0.6) is 0 Å². The highest BCUT2D eigenvalue weighted by Gasteiger charge is 2.40. The second-order valence-electron chi connectivity index (χ2n) is 34.6. The lowest BCUT2D eigenvalue weighted by Gasteiger charge is -2.42. The first-order valence-corrected chi connectivity index (χ1v) is 45.6. The first kappa shape index (κ1) is 85.0. The van der Waals surface area contributed by atoms with Crippen LogP contribution in [0, 0.1) is 83.1 Å². The standard InChI is InChI=1S/C41H34N6.C26H20BrN5.C16H16.C14H12Br2N4.C12H9N.CH4/c1-23-25(3)44-37-35(42-23)39(46-31-19-11-7-15-27(31)28-16-8-12-20-32(28)46)36-38(45-26(4)24(2)43-36)40(37)47-33-21-13-9-17-29(33)41(5,6)30-18-10-14-22-34(30)47;1-13-15(3)30-24-22(28-13)21(27)23-25(31-16(4)14(2)29-23)26(24)32-19-11-7-5-9-17(19)18-10-6-8-12-20(18)32;1-16(2)14-9-5-3-7-12(14)11-13-8-4-6-10-15(13)16;1-5-6(2)18-12-10(16)14-13(9(15)11(12)17-5)19-7(3)8(4)20-14;1-3-7-11-9(5-1)10-6-2-4-8-12(10)13-11;/h7-22H,1-6H3;5-12H,1-4H3;3-10H,11H2,1-2H3;1-4H3;1-8,13H;1H4. The summed E-state index contributed by atoms with van der Waals surface area (Å²) >= 11 is 11.0. The Bertz CT molecular complexity index is 7880. The Morgan fingerprint density at radius 2 is 0.450 bits per heavy atom. The van der Waals surface area contributed by atoms with Crippen molar-refractivity contribution in [2.24, 2.45) is 0 Å². The van der Waals surface area contributed by atoms with Crippen molar-refractivity contribution in [2.75, 3.05) is 4.90 Å². The van der Waals surface area contributed by atoms with Crippen LogP contribution in [0.4, 0.5) is 17.1 Å². The third-order valence-electron chi connectivity index (χ3n) is 26.1. The molecule has 2 aliphatic rings. The van der Waals surface area contributed by atoms with E-state index in [1.807, 2.05) is 83.1 Å². The number of aryl methyl sites for hydroxylation is 12. The van der Waals surface area contributed by atoms with Crippen molar-refractivity contribution >= 4 is 196 Å². The molecular weight excluding hydrogens is 1790 g/mol. The van der Waals surface area contributed by atoms with Crippen LogP contribution in [0.2, 0.25) is 0 Å². The minimum Gasteiger partial charge on any atom is -0.355 e. The van der Waals surface area contributed by atoms with Crippen LogP contribution < -0.4 is 4.90 Å². The van der Waals surface area contributed by atoms with Gasteiger partial charge in [-0.05, 0) is 219 Å². The van der Waals surface area contributed by atoms with Gasteiger partial charge in [-0.2, -0.15) is 0 Å². The molecule has 13 aromatic carbocycles. The van der Waals surface area contributed by atoms with E-state index in [1.54, 1.807) is 0 Å². The highest BCUT2D eigenvalue weighted by atomic mass is 79.9. The van der Waals surface area contributed by atoms with Crippen molar-refractivity contribution in [1.29, 1.82) is 0 Å². The van der Waals surface area contributed by atoms with E-state index in [0.29, 0.717) is 0 Å². The second-order valence-corrected chi connectivity index (χ2v) is 37.0. The highest BCUT2D eigenvalue weighted by Crippen LogP contribution is 2.56. The Morgan fingerprint density at radius 1 is 0.240 bits per heavy atom. The van der Waals surface area contributed by atoms with Crippen molar-refractivity contribution in [3.63, 3.8) is 0 Å². The minimum absolute atomic E-state index is 0. The van der Waals surface area contributed by atoms with Crippen LogP contribution in [0.25, 0.3) is 143 Å². The molecule has 0 saturated heterocycles. The van der Waals surface area contributed by atoms with E-state index >= 15 is 0 Å². The largest absolute Gasteiger partial charge is 0.355 e. The van der Waals surface area contributed by atoms with Crippen LogP contribution >= 0.6 is 47.8 Å². The normalized spacial score (nSPS) is 12.9. The third-order valence-corrected chi connectivity index (χ3v) is 28.3. The fourth-order valence-electron chi connectivity index (χ4n) is 18.8. The molecule has 0 unspecified atom stereocenters. The molecule has 10 heterocycles. The van der Waals surface area contributed by atoms with E-state index in [2.05, 4.69) is 357 Å². The summed E-state index contributed by atoms with van der Waals surface area (Å²) in [5.41, 5.74) is 40.7. The fourth-order valence-corrected chi connectivity index (χ4v) is 20.4. The van der Waals surface area contributed by atoms with E-state index in [9.17, 15) is 0 Å². The molecule has 1 aliphatic carbocycles. The van der Waals surface area contributed by atoms with Crippen molar-refractivity contribution in [3.8, 4) is 11.4 Å². The molecular formula is C110H95Br3N16. The average Bonchev–Trinajstić information content (AvgIpc) is 1.65. The summed E-state index contributed by atoms with van der Waals surface area (Å²) < 4.78 is 7.12. The molecule has 1 N–H and O–H groups in total. The molecule has 16 nitrogen and oxygen atoms in total. The topological polar surface area (TPSA) is 184 Å². The smallest absolute Gasteiger partial charge is 0.118 e. The number of rotatable bonds is 3. The number of hydrogen-bond acceptors (Lipinski definition) is 13. The van der Waals surface area contributed by atoms with Gasteiger partial charge >= 0.3 is 0 Å². The van der Waals surface area contributed by atoms with Crippen molar-refractivity contribution in [1.82, 2.24) is 73.9 Å². The van der Waals surface area contributed by atoms with E-state index in [0.717, 1.165) is 205 Å². The summed E-state index contributed by atoms with van der Waals surface area (Å²) in [7, 11) is 0. The quantitative estimate of drug-likeness (QED) is 0.165. The SMILES string of the molecule is C.CC1(C)c2ccccc2Cc2ccccc21.Cc1nc2c(Br)c3nc(C)c(C)nc3c(-n3c4ccccc4c4ccccc43)c2nc1C.Cc1nc2c(Br)c3nc(C)c(C)nc3c(Br)c2nc1C.Cc1nc2c(N3c4ccccc4C(C)(C)c4ccccc43)c3nc(C)c(C)nc3c(-n3c4ccccc4c4ccccc43)c2nc1C.c1ccc2c(c1)[nH]c1ccccc12. The minimum atomic E-state index is -0.200. The molecule has 0 bridgehead atoms. The molecule has 1 aliphatic heterocycles. The number of H-pyrrole nitrogens is 1. The lowest BCUT2D eigenvalue weighted by atomic mass is 9.69. The number of anilines is 3. The first-order valence-electron chi connectivity index (χ1n) is 43.2. The van der Waals surface area contributed by atoms with Gasteiger partial charge in [-0.3, -0.25) is 0 Å². The van der Waals surface area contributed by atoms with Gasteiger partial charge in [0.25, 0.3) is 0 Å². The molecule has 19 heteroatoms. The maximum Gasteiger partial charge on any atom is 0.118 e. The molecule has 0 spiro atoms. The predicted octanol–water partition coefficient (Wildman–Crippen LogP) is 28.9. The fraction of sp³-hybridized carbons (Fsp3) is 0.182. The molecule has 636 valence electrons. The number of halogens is 3. The maximum atomic E-state index is 5.38. The summed E-state index contributed by atoms with van der Waals surface area (Å²) in [6.07, 6.45) is 1.08. The molecule has 0 fully saturated rings. The number of para-hydroxylation sites is 8. The summed E-state index contributed by atoms with van der Waals surface area (Å²) in [5, 5.41) is 7.37. The summed E-state index contributed by atoms with van der Waals surface area (Å²) in [4.78, 5) is 65.6. The number of fused-ring (bicyclic) bond motifs is 19. The maximum absolute atomic E-state index is 5.38. The van der Waals surface area contributed by atoms with Gasteiger partial charge in [0, 0.05) is 54.2 Å². The van der Waals surface area contributed by atoms with Gasteiger partial charge in [-0.15, -0.1) is 0 Å². The number of aromatic amines is 1. The molecule has 0 saturated carbocycles. The molecule has 0 atom stereocenters. The number of hydrogen-bond donors (Lipinski definition) is 1. The van der Waals surface area contributed by atoms with Crippen molar-refractivity contribution in [2.45, 2.75) is 135 Å². The number of benzene rings is 13. The Balaban J connectivity index is 0.000000113. The highest BCUT2D eigenvalue weighted by molar-refractivity contribution is 9.11. The zero-order valence-corrected chi connectivity index (χ0v) is 78.9. The summed E-state index contributed by atoms with van der Waals surface area (Å²) in [5.74, 6) is 0. The van der Waals surface area contributed by atoms with E-state index < -0.39 is 0 Å². The molecule has 9 aromatic heterocycles. The lowest BCUT2D eigenvalue weighted by Crippen LogP contribution is -2.31. The predicted molar refractivity (Wildman–Crippen MR) is 544 cm³/mol. The van der Waals surface area contributed by atoms with Gasteiger partial charge in [0.1, 0.15) is 83.3 Å². The van der Waals surface area contributed by atoms with Gasteiger partial charge in [0.15, 0.2) is 0 Å². The summed E-state index contributed by atoms with van der Waals surface area (Å²) in [6.45, 7) is 33.3. The summed E-state index contributed by atoms with van der Waals surface area (Å²) in [6, 6.07) is 85.9. The number of nitrogens with one attached hydrogen (secondary N) is 1. The van der Waals surface area contributed by atoms with Crippen LogP contribution in [0.3, 0.4) is 0 Å². The van der Waals surface area contributed by atoms with Gasteiger partial charge in [0.2, 0.25) is 0 Å². The monoisotopic (exact) mass is 1880 g/mol. The molecule has 0 amide bonds. The van der Waals surface area contributed by atoms with Gasteiger partial charge in [0.05, 0.1) is 115 Å². The van der Waals surface area contributed by atoms with Crippen LogP contribution in [0.15, 0.2) is 256 Å². The molecule has 129 heavy (non-hydrogen) atoms. The van der Waals surface area contributed by atoms with Crippen molar-refractivity contribution in [3.05, 3.63) is 358 Å². The van der Waals surface area contributed by atoms with E-state index in [-0.39, 0.29) is 18.3 Å². The second kappa shape index (κ2) is 33.0. The lowest BCUT2D eigenvalue weighted by molar-refractivity contribution is 0.610.